The molecule has 2 unspecified atom stereocenters. The van der Waals surface area contributed by atoms with E-state index in [1.165, 1.54) is 0 Å². The number of aliphatic hydroxyl groups is 1. The van der Waals surface area contributed by atoms with Crippen LogP contribution in [0.5, 0.6) is 0 Å². The van der Waals surface area contributed by atoms with Gasteiger partial charge in [-0.3, -0.25) is 0 Å². The molecule has 0 heterocycles. The van der Waals surface area contributed by atoms with E-state index in [9.17, 15) is 4.79 Å². The van der Waals surface area contributed by atoms with Crippen molar-refractivity contribution >= 4 is 5.78 Å². The van der Waals surface area contributed by atoms with Gasteiger partial charge in [0.25, 0.3) is 0 Å². The van der Waals surface area contributed by atoms with Gasteiger partial charge in [-0.1, -0.05) is 13.3 Å². The molecule has 0 aromatic heterocycles. The number of aliphatic hydroxyl groups excluding tert-OH is 1. The second-order valence-electron chi connectivity index (χ2n) is 3.67. The van der Waals surface area contributed by atoms with E-state index < -0.39 is 0 Å². The fourth-order valence-electron chi connectivity index (χ4n) is 1.08. The third-order valence-electron chi connectivity index (χ3n) is 2.26. The van der Waals surface area contributed by atoms with Crippen molar-refractivity contribution in [2.24, 2.45) is 5.92 Å². The van der Waals surface area contributed by atoms with Crippen molar-refractivity contribution in [2.45, 2.75) is 52.6 Å². The van der Waals surface area contributed by atoms with Crippen LogP contribution in [0.15, 0.2) is 0 Å². The molecule has 1 N–H and O–H groups in total. The zero-order chi connectivity index (χ0) is 9.56. The van der Waals surface area contributed by atoms with E-state index in [0.717, 1.165) is 19.3 Å². The van der Waals surface area contributed by atoms with Crippen molar-refractivity contribution < 1.29 is 9.90 Å². The second kappa shape index (κ2) is 6.18. The van der Waals surface area contributed by atoms with Crippen LogP contribution < -0.4 is 0 Å². The fourth-order valence-corrected chi connectivity index (χ4v) is 1.08. The minimum absolute atomic E-state index is 0.220. The van der Waals surface area contributed by atoms with Crippen molar-refractivity contribution in [2.75, 3.05) is 0 Å². The smallest absolute Gasteiger partial charge is 0.129 e. The van der Waals surface area contributed by atoms with Gasteiger partial charge in [0.2, 0.25) is 0 Å². The molecule has 72 valence electrons. The van der Waals surface area contributed by atoms with Crippen molar-refractivity contribution in [3.05, 3.63) is 0 Å². The Morgan fingerprint density at radius 1 is 1.33 bits per heavy atom. The van der Waals surface area contributed by atoms with E-state index in [-0.39, 0.29) is 11.9 Å². The van der Waals surface area contributed by atoms with E-state index >= 15 is 0 Å². The predicted molar refractivity (Wildman–Crippen MR) is 50.0 cm³/mol. The minimum Gasteiger partial charge on any atom is -0.393 e. The molecule has 2 nitrogen and oxygen atoms in total. The predicted octanol–water partition coefficient (Wildman–Crippen LogP) is 2.15. The monoisotopic (exact) mass is 172 g/mol. The largest absolute Gasteiger partial charge is 0.393 e. The zero-order valence-corrected chi connectivity index (χ0v) is 8.34. The van der Waals surface area contributed by atoms with Crippen LogP contribution >= 0.6 is 0 Å². The minimum atomic E-state index is -0.220. The molecule has 0 aliphatic heterocycles. The quantitative estimate of drug-likeness (QED) is 0.623. The summed E-state index contributed by atoms with van der Waals surface area (Å²) in [5, 5.41) is 9.16. The number of rotatable bonds is 6. The molecule has 0 aromatic rings. The molecular weight excluding hydrogens is 152 g/mol. The third kappa shape index (κ3) is 6.35. The molecule has 0 spiro atoms. The number of unbranched alkanes of at least 4 members (excludes halogenated alkanes) is 1. The first kappa shape index (κ1) is 11.6. The first-order chi connectivity index (χ1) is 5.54. The van der Waals surface area contributed by atoms with Gasteiger partial charge in [0.15, 0.2) is 0 Å². The Bertz CT molecular complexity index is 130. The summed E-state index contributed by atoms with van der Waals surface area (Å²) in [5.74, 6) is 0.622. The molecule has 12 heavy (non-hydrogen) atoms. The molecule has 0 fully saturated rings. The Hall–Kier alpha value is -0.370. The Morgan fingerprint density at radius 3 is 2.33 bits per heavy atom. The molecule has 0 amide bonds. The first-order valence-corrected chi connectivity index (χ1v) is 4.71. The van der Waals surface area contributed by atoms with Gasteiger partial charge in [-0.2, -0.15) is 0 Å². The molecule has 2 heteroatoms. The van der Waals surface area contributed by atoms with Crippen LogP contribution in [-0.4, -0.2) is 17.0 Å². The molecule has 0 saturated heterocycles. The number of carbonyl (C=O) groups excluding carboxylic acids is 1. The van der Waals surface area contributed by atoms with Crippen LogP contribution in [0.25, 0.3) is 0 Å². The number of hydrogen-bond acceptors (Lipinski definition) is 2. The van der Waals surface area contributed by atoms with Gasteiger partial charge in [-0.05, 0) is 32.6 Å². The highest BCUT2D eigenvalue weighted by atomic mass is 16.3. The molecule has 0 aliphatic carbocycles. The van der Waals surface area contributed by atoms with Crippen LogP contribution in [0.4, 0.5) is 0 Å². The molecule has 0 bridgehead atoms. The summed E-state index contributed by atoms with van der Waals surface area (Å²) in [6.45, 7) is 5.48. The summed E-state index contributed by atoms with van der Waals surface area (Å²) in [5.41, 5.74) is 0. The summed E-state index contributed by atoms with van der Waals surface area (Å²) >= 11 is 0. The number of ketones is 1. The average molecular weight is 172 g/mol. The maximum absolute atomic E-state index is 10.6. The molecule has 0 saturated carbocycles. The van der Waals surface area contributed by atoms with Gasteiger partial charge in [-0.15, -0.1) is 0 Å². The van der Waals surface area contributed by atoms with Crippen LogP contribution in [0.1, 0.15) is 46.5 Å². The van der Waals surface area contributed by atoms with Gasteiger partial charge in [0.1, 0.15) is 5.78 Å². The Labute approximate surface area is 75.0 Å². The van der Waals surface area contributed by atoms with Crippen molar-refractivity contribution in [1.82, 2.24) is 0 Å². The van der Waals surface area contributed by atoms with E-state index in [1.807, 2.05) is 13.8 Å². The Kier molecular flexibility index (Phi) is 5.99. The number of hydrogen-bond donors (Lipinski definition) is 1. The normalized spacial score (nSPS) is 15.7. The van der Waals surface area contributed by atoms with Gasteiger partial charge in [0, 0.05) is 6.42 Å². The van der Waals surface area contributed by atoms with Crippen LogP contribution in [0.3, 0.4) is 0 Å². The van der Waals surface area contributed by atoms with Crippen molar-refractivity contribution in [1.29, 1.82) is 0 Å². The highest BCUT2D eigenvalue weighted by Gasteiger charge is 2.07. The molecule has 0 rings (SSSR count). The van der Waals surface area contributed by atoms with E-state index in [0.29, 0.717) is 12.3 Å². The SMILES string of the molecule is CC(=O)CCCCC(C)C(C)O. The lowest BCUT2D eigenvalue weighted by Crippen LogP contribution is -2.12. The standard InChI is InChI=1S/C10H20O2/c1-8(10(3)12)6-4-5-7-9(2)11/h8,10,12H,4-7H2,1-3H3. The van der Waals surface area contributed by atoms with Crippen LogP contribution in [-0.2, 0) is 4.79 Å². The summed E-state index contributed by atoms with van der Waals surface area (Å²) in [7, 11) is 0. The second-order valence-corrected chi connectivity index (χ2v) is 3.67. The summed E-state index contributed by atoms with van der Waals surface area (Å²) < 4.78 is 0. The lowest BCUT2D eigenvalue weighted by Gasteiger charge is -2.13. The summed E-state index contributed by atoms with van der Waals surface area (Å²) in [4.78, 5) is 10.6. The van der Waals surface area contributed by atoms with E-state index in [4.69, 9.17) is 5.11 Å². The average Bonchev–Trinajstić information content (AvgIpc) is 1.97. The van der Waals surface area contributed by atoms with Gasteiger partial charge < -0.3 is 9.90 Å². The first-order valence-electron chi connectivity index (χ1n) is 4.71. The van der Waals surface area contributed by atoms with Crippen LogP contribution in [0.2, 0.25) is 0 Å². The lowest BCUT2D eigenvalue weighted by molar-refractivity contribution is -0.117. The van der Waals surface area contributed by atoms with E-state index in [1.54, 1.807) is 6.92 Å². The molecule has 2 atom stereocenters. The molecule has 0 radical (unpaired) electrons. The molecule has 0 aromatic carbocycles. The van der Waals surface area contributed by atoms with Gasteiger partial charge in [0.05, 0.1) is 6.10 Å². The summed E-state index contributed by atoms with van der Waals surface area (Å²) in [6, 6.07) is 0. The number of Topliss-reactive ketones (excluding diaryl/α,β-unsaturated/α-hetero) is 1. The van der Waals surface area contributed by atoms with Crippen molar-refractivity contribution in [3.63, 3.8) is 0 Å². The lowest BCUT2D eigenvalue weighted by atomic mass is 9.98. The highest BCUT2D eigenvalue weighted by Crippen LogP contribution is 2.12. The maximum Gasteiger partial charge on any atom is 0.129 e. The highest BCUT2D eigenvalue weighted by molar-refractivity contribution is 5.75. The molecular formula is C10H20O2. The Morgan fingerprint density at radius 2 is 1.92 bits per heavy atom. The Balaban J connectivity index is 3.25. The third-order valence-corrected chi connectivity index (χ3v) is 2.26. The molecule has 0 aliphatic rings. The van der Waals surface area contributed by atoms with Crippen molar-refractivity contribution in [3.8, 4) is 0 Å². The summed E-state index contributed by atoms with van der Waals surface area (Å²) in [6.07, 6.45) is 3.50. The van der Waals surface area contributed by atoms with Gasteiger partial charge >= 0.3 is 0 Å². The van der Waals surface area contributed by atoms with Gasteiger partial charge in [-0.25, -0.2) is 0 Å². The fraction of sp³-hybridized carbons (Fsp3) is 0.900. The number of carbonyl (C=O) groups is 1. The van der Waals surface area contributed by atoms with Crippen LogP contribution in [0, 0.1) is 5.92 Å². The maximum atomic E-state index is 10.6. The van der Waals surface area contributed by atoms with E-state index in [2.05, 4.69) is 0 Å². The topological polar surface area (TPSA) is 37.3 Å². The zero-order valence-electron chi connectivity index (χ0n) is 8.34.